The third-order valence-corrected chi connectivity index (χ3v) is 3.67. The lowest BCUT2D eigenvalue weighted by Gasteiger charge is -2.08. The third-order valence-electron chi connectivity index (χ3n) is 3.67. The number of pyridine rings is 1. The molecule has 0 aliphatic rings. The minimum absolute atomic E-state index is 0.0721. The van der Waals surface area contributed by atoms with Gasteiger partial charge in [0.2, 0.25) is 11.7 Å². The summed E-state index contributed by atoms with van der Waals surface area (Å²) in [6.45, 7) is 9.08. The Balaban J connectivity index is 1.64. The van der Waals surface area contributed by atoms with Gasteiger partial charge in [0.15, 0.2) is 0 Å². The summed E-state index contributed by atoms with van der Waals surface area (Å²) in [7, 11) is 0. The second-order valence-corrected chi connectivity index (χ2v) is 5.52. The van der Waals surface area contributed by atoms with Crippen molar-refractivity contribution in [2.45, 2.75) is 33.0 Å². The molecule has 3 rings (SSSR count). The number of aryl methyl sites for hydroxylation is 1. The van der Waals surface area contributed by atoms with Crippen molar-refractivity contribution >= 4 is 0 Å². The lowest BCUT2D eigenvalue weighted by Crippen LogP contribution is -2.18. The van der Waals surface area contributed by atoms with Gasteiger partial charge in [-0.25, -0.2) is 0 Å². The maximum atomic E-state index is 5.35. The van der Waals surface area contributed by atoms with Gasteiger partial charge in [-0.15, -0.1) is 6.58 Å². The fourth-order valence-corrected chi connectivity index (χ4v) is 2.32. The van der Waals surface area contributed by atoms with Crippen LogP contribution < -0.4 is 5.32 Å². The van der Waals surface area contributed by atoms with Crippen LogP contribution in [0.5, 0.6) is 0 Å². The summed E-state index contributed by atoms with van der Waals surface area (Å²) in [6.07, 6.45) is 5.55. The summed E-state index contributed by atoms with van der Waals surface area (Å²) in [5, 5.41) is 11.8. The van der Waals surface area contributed by atoms with Crippen molar-refractivity contribution in [1.29, 1.82) is 0 Å². The minimum Gasteiger partial charge on any atom is -0.337 e. The molecular weight excluding hydrogens is 304 g/mol. The molecule has 0 saturated heterocycles. The summed E-state index contributed by atoms with van der Waals surface area (Å²) >= 11 is 0. The Hall–Kier alpha value is -2.80. The molecule has 0 fully saturated rings. The van der Waals surface area contributed by atoms with Crippen molar-refractivity contribution in [2.75, 3.05) is 0 Å². The Kier molecular flexibility index (Phi) is 4.81. The van der Waals surface area contributed by atoms with E-state index in [9.17, 15) is 0 Å². The molecule has 0 aromatic carbocycles. The average Bonchev–Trinajstić information content (AvgIpc) is 3.21. The third kappa shape index (κ3) is 3.57. The highest BCUT2D eigenvalue weighted by molar-refractivity contribution is 5.47. The number of hydrogen-bond donors (Lipinski definition) is 1. The van der Waals surface area contributed by atoms with Crippen LogP contribution in [0.15, 0.2) is 47.8 Å². The Morgan fingerprint density at radius 3 is 3.04 bits per heavy atom. The van der Waals surface area contributed by atoms with Crippen molar-refractivity contribution in [3.8, 4) is 11.5 Å². The van der Waals surface area contributed by atoms with Gasteiger partial charge in [0.05, 0.1) is 18.3 Å². The molecule has 0 aliphatic heterocycles. The fourth-order valence-electron chi connectivity index (χ4n) is 2.32. The quantitative estimate of drug-likeness (QED) is 0.673. The van der Waals surface area contributed by atoms with Crippen LogP contribution in [0.2, 0.25) is 0 Å². The maximum Gasteiger partial charge on any atom is 0.243 e. The molecule has 1 atom stereocenters. The Bertz CT molecular complexity index is 808. The van der Waals surface area contributed by atoms with Crippen LogP contribution in [-0.4, -0.2) is 24.9 Å². The topological polar surface area (TPSA) is 81.7 Å². The minimum atomic E-state index is -0.0721. The zero-order valence-corrected chi connectivity index (χ0v) is 13.8. The Morgan fingerprint density at radius 2 is 2.29 bits per heavy atom. The number of hydrogen-bond acceptors (Lipinski definition) is 6. The maximum absolute atomic E-state index is 5.35. The van der Waals surface area contributed by atoms with E-state index >= 15 is 0 Å². The summed E-state index contributed by atoms with van der Waals surface area (Å²) in [4.78, 5) is 8.64. The molecule has 124 valence electrons. The van der Waals surface area contributed by atoms with Crippen molar-refractivity contribution in [2.24, 2.45) is 0 Å². The number of nitrogens with one attached hydrogen (secondary N) is 1. The van der Waals surface area contributed by atoms with Crippen LogP contribution in [0.1, 0.15) is 30.1 Å². The lowest BCUT2D eigenvalue weighted by molar-refractivity contribution is 0.339. The van der Waals surface area contributed by atoms with Gasteiger partial charge in [-0.2, -0.15) is 10.1 Å². The van der Waals surface area contributed by atoms with Crippen molar-refractivity contribution in [3.63, 3.8) is 0 Å². The molecule has 7 nitrogen and oxygen atoms in total. The van der Waals surface area contributed by atoms with Crippen LogP contribution in [0, 0.1) is 6.92 Å². The first-order valence-electron chi connectivity index (χ1n) is 7.79. The highest BCUT2D eigenvalue weighted by atomic mass is 16.5. The standard InChI is InChI=1S/C17H20N6O/c1-4-9-23-11-14(12(2)21-23)10-19-13(3)17-20-16(22-24-17)15-7-5-6-8-18-15/h4-8,11,13,19H,1,9-10H2,2-3H3/t13-/m1/s1. The highest BCUT2D eigenvalue weighted by Gasteiger charge is 2.16. The smallest absolute Gasteiger partial charge is 0.243 e. The van der Waals surface area contributed by atoms with E-state index in [4.69, 9.17) is 4.52 Å². The molecule has 0 amide bonds. The predicted octanol–water partition coefficient (Wildman–Crippen LogP) is 2.67. The molecular formula is C17H20N6O. The Morgan fingerprint density at radius 1 is 1.42 bits per heavy atom. The van der Waals surface area contributed by atoms with Crippen LogP contribution in [0.25, 0.3) is 11.5 Å². The molecule has 7 heteroatoms. The number of rotatable bonds is 7. The average molecular weight is 324 g/mol. The summed E-state index contributed by atoms with van der Waals surface area (Å²) in [5.41, 5.74) is 2.82. The summed E-state index contributed by atoms with van der Waals surface area (Å²) in [5.74, 6) is 1.03. The number of nitrogens with zero attached hydrogens (tertiary/aromatic N) is 5. The fraction of sp³-hybridized carbons (Fsp3) is 0.294. The monoisotopic (exact) mass is 324 g/mol. The zero-order valence-electron chi connectivity index (χ0n) is 13.8. The van der Waals surface area contributed by atoms with Crippen LogP contribution in [-0.2, 0) is 13.1 Å². The molecule has 0 saturated carbocycles. The lowest BCUT2D eigenvalue weighted by atomic mass is 10.2. The first kappa shape index (κ1) is 16.1. The number of allylic oxidation sites excluding steroid dienone is 1. The second-order valence-electron chi connectivity index (χ2n) is 5.52. The molecule has 0 bridgehead atoms. The normalized spacial score (nSPS) is 12.2. The molecule has 3 aromatic rings. The predicted molar refractivity (Wildman–Crippen MR) is 89.9 cm³/mol. The van der Waals surface area contributed by atoms with Crippen molar-refractivity contribution in [1.82, 2.24) is 30.2 Å². The summed E-state index contributed by atoms with van der Waals surface area (Å²) < 4.78 is 7.22. The van der Waals surface area contributed by atoms with Gasteiger partial charge in [0, 0.05) is 24.5 Å². The molecule has 24 heavy (non-hydrogen) atoms. The zero-order chi connectivity index (χ0) is 16.9. The molecule has 3 heterocycles. The molecule has 1 N–H and O–H groups in total. The second kappa shape index (κ2) is 7.18. The molecule has 0 spiro atoms. The van der Waals surface area contributed by atoms with Gasteiger partial charge in [0.25, 0.3) is 0 Å². The van der Waals surface area contributed by atoms with Gasteiger partial charge in [0.1, 0.15) is 5.69 Å². The van der Waals surface area contributed by atoms with Crippen molar-refractivity contribution < 1.29 is 4.52 Å². The SMILES string of the molecule is C=CCn1cc(CN[C@H](C)c2nc(-c3ccccn3)no2)c(C)n1. The summed E-state index contributed by atoms with van der Waals surface area (Å²) in [6, 6.07) is 5.52. The Labute approximate surface area is 140 Å². The van der Waals surface area contributed by atoms with E-state index in [1.807, 2.05) is 49.0 Å². The van der Waals surface area contributed by atoms with Gasteiger partial charge in [-0.1, -0.05) is 17.3 Å². The molecule has 0 radical (unpaired) electrons. The first-order chi connectivity index (χ1) is 11.7. The van der Waals surface area contributed by atoms with E-state index in [1.165, 1.54) is 0 Å². The van der Waals surface area contributed by atoms with Crippen molar-refractivity contribution in [3.05, 3.63) is 60.4 Å². The van der Waals surface area contributed by atoms with E-state index in [0.29, 0.717) is 30.5 Å². The molecule has 3 aromatic heterocycles. The largest absolute Gasteiger partial charge is 0.337 e. The van der Waals surface area contributed by atoms with E-state index < -0.39 is 0 Å². The highest BCUT2D eigenvalue weighted by Crippen LogP contribution is 2.17. The molecule has 0 aliphatic carbocycles. The molecule has 0 unspecified atom stereocenters. The van der Waals surface area contributed by atoms with Crippen LogP contribution >= 0.6 is 0 Å². The number of aromatic nitrogens is 5. The van der Waals surface area contributed by atoms with E-state index in [2.05, 4.69) is 32.1 Å². The van der Waals surface area contributed by atoms with Gasteiger partial charge in [-0.05, 0) is 26.0 Å². The van der Waals surface area contributed by atoms with E-state index in [0.717, 1.165) is 11.3 Å². The van der Waals surface area contributed by atoms with Gasteiger partial charge >= 0.3 is 0 Å². The van der Waals surface area contributed by atoms with Gasteiger partial charge in [-0.3, -0.25) is 9.67 Å². The van der Waals surface area contributed by atoms with E-state index in [1.54, 1.807) is 6.20 Å². The van der Waals surface area contributed by atoms with Crippen LogP contribution in [0.4, 0.5) is 0 Å². The van der Waals surface area contributed by atoms with Gasteiger partial charge < -0.3 is 9.84 Å². The van der Waals surface area contributed by atoms with Crippen LogP contribution in [0.3, 0.4) is 0 Å². The van der Waals surface area contributed by atoms with E-state index in [-0.39, 0.29) is 6.04 Å². The first-order valence-corrected chi connectivity index (χ1v) is 7.79.